The number of aromatic nitrogens is 2. The number of carbonyl (C=O) groups is 1. The van der Waals surface area contributed by atoms with Crippen molar-refractivity contribution in [2.75, 3.05) is 5.73 Å². The molecule has 4 heteroatoms. The number of Topliss-reactive ketones (excluding diaryl/α,β-unsaturated/α-hetero) is 1. The van der Waals surface area contributed by atoms with E-state index < -0.39 is 0 Å². The summed E-state index contributed by atoms with van der Waals surface area (Å²) in [5, 5.41) is 6.40. The zero-order valence-corrected chi connectivity index (χ0v) is 8.83. The van der Waals surface area contributed by atoms with Gasteiger partial charge in [-0.1, -0.05) is 25.7 Å². The third-order valence-corrected chi connectivity index (χ3v) is 3.16. The fraction of sp³-hybridized carbons (Fsp3) is 0.636. The first kappa shape index (κ1) is 10.2. The number of hydrogen-bond acceptors (Lipinski definition) is 3. The minimum atomic E-state index is 0.160. The van der Waals surface area contributed by atoms with Gasteiger partial charge in [-0.05, 0) is 12.8 Å². The van der Waals surface area contributed by atoms with Crippen LogP contribution in [0.25, 0.3) is 0 Å². The number of rotatable bonds is 2. The van der Waals surface area contributed by atoms with Crippen LogP contribution in [0.1, 0.15) is 48.9 Å². The highest BCUT2D eigenvalue weighted by Gasteiger charge is 2.23. The lowest BCUT2D eigenvalue weighted by Gasteiger charge is -2.11. The van der Waals surface area contributed by atoms with E-state index in [1.165, 1.54) is 12.8 Å². The van der Waals surface area contributed by atoms with Gasteiger partial charge in [-0.25, -0.2) is 0 Å². The summed E-state index contributed by atoms with van der Waals surface area (Å²) in [6.07, 6.45) is 8.38. The molecule has 1 saturated carbocycles. The van der Waals surface area contributed by atoms with Gasteiger partial charge in [0, 0.05) is 5.92 Å². The van der Waals surface area contributed by atoms with Gasteiger partial charge in [0.15, 0.2) is 5.78 Å². The van der Waals surface area contributed by atoms with Gasteiger partial charge in [0.25, 0.3) is 0 Å². The predicted octanol–water partition coefficient (Wildman–Crippen LogP) is 2.14. The Kier molecular flexibility index (Phi) is 3.04. The molecule has 1 fully saturated rings. The second-order valence-corrected chi connectivity index (χ2v) is 4.25. The zero-order valence-electron chi connectivity index (χ0n) is 8.83. The van der Waals surface area contributed by atoms with Crippen molar-refractivity contribution in [3.63, 3.8) is 0 Å². The Hall–Kier alpha value is -1.32. The van der Waals surface area contributed by atoms with Crippen LogP contribution in [-0.2, 0) is 0 Å². The van der Waals surface area contributed by atoms with Crippen molar-refractivity contribution in [3.05, 3.63) is 11.8 Å². The van der Waals surface area contributed by atoms with E-state index >= 15 is 0 Å². The van der Waals surface area contributed by atoms with Crippen molar-refractivity contribution in [1.29, 1.82) is 0 Å². The number of hydrogen-bond donors (Lipinski definition) is 2. The molecule has 0 spiro atoms. The van der Waals surface area contributed by atoms with Crippen LogP contribution in [0.2, 0.25) is 0 Å². The van der Waals surface area contributed by atoms with Gasteiger partial charge >= 0.3 is 0 Å². The Labute approximate surface area is 89.2 Å². The number of anilines is 1. The third-order valence-electron chi connectivity index (χ3n) is 3.16. The molecule has 3 N–H and O–H groups in total. The Balaban J connectivity index is 2.09. The van der Waals surface area contributed by atoms with E-state index in [9.17, 15) is 4.79 Å². The maximum atomic E-state index is 12.1. The van der Waals surface area contributed by atoms with Crippen LogP contribution in [0.5, 0.6) is 0 Å². The minimum absolute atomic E-state index is 0.160. The highest BCUT2D eigenvalue weighted by molar-refractivity contribution is 6.01. The molecule has 4 nitrogen and oxygen atoms in total. The van der Waals surface area contributed by atoms with Gasteiger partial charge in [0.1, 0.15) is 5.82 Å². The highest BCUT2D eigenvalue weighted by Crippen LogP contribution is 2.27. The van der Waals surface area contributed by atoms with Crippen molar-refractivity contribution >= 4 is 11.6 Å². The Morgan fingerprint density at radius 2 is 2.00 bits per heavy atom. The van der Waals surface area contributed by atoms with Crippen molar-refractivity contribution < 1.29 is 4.79 Å². The number of nitrogens with zero attached hydrogens (tertiary/aromatic N) is 1. The molecule has 1 heterocycles. The van der Waals surface area contributed by atoms with E-state index in [4.69, 9.17) is 5.73 Å². The van der Waals surface area contributed by atoms with E-state index in [2.05, 4.69) is 10.2 Å². The average molecular weight is 207 g/mol. The first-order valence-corrected chi connectivity index (χ1v) is 5.62. The standard InChI is InChI=1S/C11H17N3O/c12-11-9(7-13-14-11)10(15)8-5-3-1-2-4-6-8/h7-8H,1-6H2,(H3,12,13,14). The lowest BCUT2D eigenvalue weighted by atomic mass is 9.92. The fourth-order valence-corrected chi connectivity index (χ4v) is 2.25. The normalized spacial score (nSPS) is 18.7. The summed E-state index contributed by atoms with van der Waals surface area (Å²) in [6, 6.07) is 0. The van der Waals surface area contributed by atoms with Crippen molar-refractivity contribution in [3.8, 4) is 0 Å². The van der Waals surface area contributed by atoms with Crippen LogP contribution >= 0.6 is 0 Å². The van der Waals surface area contributed by atoms with Gasteiger partial charge in [-0.15, -0.1) is 0 Å². The maximum Gasteiger partial charge on any atom is 0.171 e. The van der Waals surface area contributed by atoms with Crippen LogP contribution < -0.4 is 5.73 Å². The molecule has 2 rings (SSSR count). The number of nitrogen functional groups attached to an aromatic ring is 1. The SMILES string of the molecule is Nc1[nH]ncc1C(=O)C1CCCCCC1. The van der Waals surface area contributed by atoms with E-state index in [1.807, 2.05) is 0 Å². The largest absolute Gasteiger partial charge is 0.383 e. The number of nitrogens with one attached hydrogen (secondary N) is 1. The molecule has 1 aromatic heterocycles. The van der Waals surface area contributed by atoms with E-state index in [0.717, 1.165) is 25.7 Å². The summed E-state index contributed by atoms with van der Waals surface area (Å²) in [5.74, 6) is 0.736. The first-order valence-electron chi connectivity index (χ1n) is 5.62. The Bertz CT molecular complexity index is 337. The Morgan fingerprint density at radius 3 is 2.53 bits per heavy atom. The van der Waals surface area contributed by atoms with Crippen LogP contribution in [0.15, 0.2) is 6.20 Å². The maximum absolute atomic E-state index is 12.1. The monoisotopic (exact) mass is 207 g/mol. The lowest BCUT2D eigenvalue weighted by Crippen LogP contribution is -2.14. The molecular weight excluding hydrogens is 190 g/mol. The highest BCUT2D eigenvalue weighted by atomic mass is 16.1. The van der Waals surface area contributed by atoms with Crippen molar-refractivity contribution in [1.82, 2.24) is 10.2 Å². The number of H-pyrrole nitrogens is 1. The summed E-state index contributed by atoms with van der Waals surface area (Å²) < 4.78 is 0. The Morgan fingerprint density at radius 1 is 1.33 bits per heavy atom. The topological polar surface area (TPSA) is 71.8 Å². The molecule has 0 saturated heterocycles. The van der Waals surface area contributed by atoms with Crippen LogP contribution in [-0.4, -0.2) is 16.0 Å². The molecule has 0 bridgehead atoms. The van der Waals surface area contributed by atoms with Crippen LogP contribution in [0, 0.1) is 5.92 Å². The summed E-state index contributed by atoms with van der Waals surface area (Å²) in [7, 11) is 0. The molecule has 0 radical (unpaired) electrons. The van der Waals surface area contributed by atoms with Gasteiger partial charge < -0.3 is 5.73 Å². The summed E-state index contributed by atoms with van der Waals surface area (Å²) in [5.41, 5.74) is 6.22. The molecule has 15 heavy (non-hydrogen) atoms. The summed E-state index contributed by atoms with van der Waals surface area (Å²) in [6.45, 7) is 0. The molecule has 0 aromatic carbocycles. The fourth-order valence-electron chi connectivity index (χ4n) is 2.25. The number of nitrogens with two attached hydrogens (primary N) is 1. The van der Waals surface area contributed by atoms with Gasteiger partial charge in [0.05, 0.1) is 11.8 Å². The zero-order chi connectivity index (χ0) is 10.7. The van der Waals surface area contributed by atoms with Crippen molar-refractivity contribution in [2.24, 2.45) is 5.92 Å². The lowest BCUT2D eigenvalue weighted by molar-refractivity contribution is 0.0909. The van der Waals surface area contributed by atoms with E-state index in [-0.39, 0.29) is 11.7 Å². The van der Waals surface area contributed by atoms with Crippen LogP contribution in [0.3, 0.4) is 0 Å². The first-order chi connectivity index (χ1) is 7.29. The average Bonchev–Trinajstić information content (AvgIpc) is 2.53. The molecule has 0 amide bonds. The molecule has 1 aromatic rings. The minimum Gasteiger partial charge on any atom is -0.383 e. The third kappa shape index (κ3) is 2.19. The van der Waals surface area contributed by atoms with Gasteiger partial charge in [-0.3, -0.25) is 9.89 Å². The summed E-state index contributed by atoms with van der Waals surface area (Å²) in [4.78, 5) is 12.1. The predicted molar refractivity (Wildman–Crippen MR) is 58.5 cm³/mol. The van der Waals surface area contributed by atoms with E-state index in [0.29, 0.717) is 11.4 Å². The molecule has 1 aliphatic rings. The molecule has 0 unspecified atom stereocenters. The molecule has 1 aliphatic carbocycles. The second kappa shape index (κ2) is 4.47. The van der Waals surface area contributed by atoms with Gasteiger partial charge in [-0.2, -0.15) is 5.10 Å². The molecule has 0 atom stereocenters. The number of ketones is 1. The number of aromatic amines is 1. The van der Waals surface area contributed by atoms with Crippen molar-refractivity contribution in [2.45, 2.75) is 38.5 Å². The van der Waals surface area contributed by atoms with Gasteiger partial charge in [0.2, 0.25) is 0 Å². The van der Waals surface area contributed by atoms with Crippen LogP contribution in [0.4, 0.5) is 5.82 Å². The molecule has 0 aliphatic heterocycles. The smallest absolute Gasteiger partial charge is 0.171 e. The summed E-state index contributed by atoms with van der Waals surface area (Å²) >= 11 is 0. The number of carbonyl (C=O) groups excluding carboxylic acids is 1. The molecular formula is C11H17N3O. The quantitative estimate of drug-likeness (QED) is 0.576. The van der Waals surface area contributed by atoms with E-state index in [1.54, 1.807) is 6.20 Å². The second-order valence-electron chi connectivity index (χ2n) is 4.25. The molecule has 82 valence electrons.